The Morgan fingerprint density at radius 1 is 1.43 bits per heavy atom. The van der Waals surface area contributed by atoms with E-state index >= 15 is 0 Å². The molecule has 2 N–H and O–H groups in total. The van der Waals surface area contributed by atoms with Gasteiger partial charge in [-0.05, 0) is 6.92 Å². The fourth-order valence-electron chi connectivity index (χ4n) is 2.03. The lowest BCUT2D eigenvalue weighted by Crippen LogP contribution is -2.38. The minimum atomic E-state index is -0.245. The molecule has 0 aromatic carbocycles. The summed E-state index contributed by atoms with van der Waals surface area (Å²) in [6, 6.07) is -0.245. The summed E-state index contributed by atoms with van der Waals surface area (Å²) in [6.45, 7) is 11.3. The van der Waals surface area contributed by atoms with Crippen LogP contribution in [0.25, 0.3) is 0 Å². The van der Waals surface area contributed by atoms with E-state index in [4.69, 9.17) is 4.74 Å². The molecule has 1 aliphatic rings. The smallest absolute Gasteiger partial charge is 0.319 e. The fraction of sp³-hybridized carbons (Fsp3) is 0.571. The maximum Gasteiger partial charge on any atom is 0.319 e. The van der Waals surface area contributed by atoms with Crippen molar-refractivity contribution < 1.29 is 9.53 Å². The van der Waals surface area contributed by atoms with Crippen LogP contribution in [0.1, 0.15) is 6.92 Å². The van der Waals surface area contributed by atoms with Crippen LogP contribution in [-0.4, -0.2) is 60.1 Å². The molecule has 0 unspecified atom stereocenters. The first kappa shape index (κ1) is 15.5. The zero-order chi connectivity index (χ0) is 15.1. The fourth-order valence-corrected chi connectivity index (χ4v) is 2.03. The number of nitrogens with one attached hydrogen (secondary N) is 2. The molecule has 0 aliphatic carbocycles. The van der Waals surface area contributed by atoms with E-state index in [2.05, 4.69) is 27.2 Å². The number of ether oxygens (including phenoxy) is 1. The monoisotopic (exact) mass is 293 g/mol. The van der Waals surface area contributed by atoms with E-state index < -0.39 is 0 Å². The van der Waals surface area contributed by atoms with E-state index in [9.17, 15) is 4.79 Å². The molecular formula is C14H23N5O2. The molecule has 21 heavy (non-hydrogen) atoms. The Labute approximate surface area is 124 Å². The van der Waals surface area contributed by atoms with Crippen molar-refractivity contribution in [2.24, 2.45) is 0 Å². The molecule has 1 aromatic rings. The molecule has 1 aliphatic heterocycles. The predicted molar refractivity (Wildman–Crippen MR) is 81.3 cm³/mol. The summed E-state index contributed by atoms with van der Waals surface area (Å²) >= 11 is 0. The minimum Gasteiger partial charge on any atom is -0.379 e. The molecule has 1 aromatic heterocycles. The number of amides is 2. The second kappa shape index (κ2) is 7.80. The Hall–Kier alpha value is -1.86. The third-order valence-electron chi connectivity index (χ3n) is 3.19. The number of morpholine rings is 1. The highest BCUT2D eigenvalue weighted by Gasteiger charge is 2.10. The topological polar surface area (TPSA) is 71.4 Å². The van der Waals surface area contributed by atoms with Crippen molar-refractivity contribution >= 4 is 11.7 Å². The van der Waals surface area contributed by atoms with Crippen molar-refractivity contribution in [2.75, 3.05) is 44.7 Å². The molecule has 0 bridgehead atoms. The van der Waals surface area contributed by atoms with E-state index in [0.29, 0.717) is 12.2 Å². The van der Waals surface area contributed by atoms with Crippen molar-refractivity contribution in [3.05, 3.63) is 24.5 Å². The maximum absolute atomic E-state index is 11.6. The second-order valence-electron chi connectivity index (χ2n) is 5.21. The van der Waals surface area contributed by atoms with Gasteiger partial charge in [0.1, 0.15) is 0 Å². The van der Waals surface area contributed by atoms with Gasteiger partial charge in [0.15, 0.2) is 0 Å². The zero-order valence-corrected chi connectivity index (χ0v) is 12.5. The molecule has 0 spiro atoms. The average molecular weight is 293 g/mol. The van der Waals surface area contributed by atoms with Crippen molar-refractivity contribution in [3.63, 3.8) is 0 Å². The van der Waals surface area contributed by atoms with Crippen LogP contribution in [0, 0.1) is 0 Å². The van der Waals surface area contributed by atoms with Gasteiger partial charge in [-0.3, -0.25) is 9.58 Å². The Bertz CT molecular complexity index is 479. The van der Waals surface area contributed by atoms with Gasteiger partial charge in [-0.1, -0.05) is 12.2 Å². The third-order valence-corrected chi connectivity index (χ3v) is 3.19. The van der Waals surface area contributed by atoms with Crippen LogP contribution in [0.4, 0.5) is 10.5 Å². The molecule has 0 radical (unpaired) electrons. The highest BCUT2D eigenvalue weighted by atomic mass is 16.5. The summed E-state index contributed by atoms with van der Waals surface area (Å²) in [5, 5.41) is 9.71. The molecule has 2 rings (SSSR count). The van der Waals surface area contributed by atoms with Gasteiger partial charge in [0, 0.05) is 32.4 Å². The summed E-state index contributed by atoms with van der Waals surface area (Å²) in [5.74, 6) is 0. The molecule has 1 fully saturated rings. The zero-order valence-electron chi connectivity index (χ0n) is 12.5. The van der Waals surface area contributed by atoms with Crippen LogP contribution in [-0.2, 0) is 11.3 Å². The number of hydrogen-bond donors (Lipinski definition) is 2. The van der Waals surface area contributed by atoms with E-state index in [1.54, 1.807) is 6.20 Å². The number of carbonyl (C=O) groups is 1. The molecule has 7 nitrogen and oxygen atoms in total. The lowest BCUT2D eigenvalue weighted by molar-refractivity contribution is 0.0360. The van der Waals surface area contributed by atoms with Crippen LogP contribution < -0.4 is 10.6 Å². The molecule has 0 saturated carbocycles. The highest BCUT2D eigenvalue weighted by molar-refractivity contribution is 5.88. The highest BCUT2D eigenvalue weighted by Crippen LogP contribution is 2.05. The first-order valence-corrected chi connectivity index (χ1v) is 7.15. The molecule has 116 valence electrons. The number of aromatic nitrogens is 2. The lowest BCUT2D eigenvalue weighted by atomic mass is 10.3. The molecule has 0 atom stereocenters. The Morgan fingerprint density at radius 3 is 2.90 bits per heavy atom. The summed E-state index contributed by atoms with van der Waals surface area (Å²) in [7, 11) is 0. The standard InChI is InChI=1S/C14H23N5O2/c1-12(2)9-15-14(20)17-13-10-16-19(11-13)4-3-18-5-7-21-8-6-18/h10-11H,1,3-9H2,2H3,(H2,15,17,20). The van der Waals surface area contributed by atoms with Crippen molar-refractivity contribution in [2.45, 2.75) is 13.5 Å². The largest absolute Gasteiger partial charge is 0.379 e. The summed E-state index contributed by atoms with van der Waals surface area (Å²) in [6.07, 6.45) is 3.49. The molecule has 7 heteroatoms. The minimum absolute atomic E-state index is 0.245. The van der Waals surface area contributed by atoms with Crippen molar-refractivity contribution in [3.8, 4) is 0 Å². The lowest BCUT2D eigenvalue weighted by Gasteiger charge is -2.26. The van der Waals surface area contributed by atoms with E-state index in [-0.39, 0.29) is 6.03 Å². The number of nitrogens with zero attached hydrogens (tertiary/aromatic N) is 3. The quantitative estimate of drug-likeness (QED) is 0.765. The van der Waals surface area contributed by atoms with Crippen LogP contribution in [0.5, 0.6) is 0 Å². The number of hydrogen-bond acceptors (Lipinski definition) is 4. The van der Waals surface area contributed by atoms with Gasteiger partial charge in [-0.25, -0.2) is 4.79 Å². The Balaban J connectivity index is 1.72. The Morgan fingerprint density at radius 2 is 2.19 bits per heavy atom. The van der Waals surface area contributed by atoms with Gasteiger partial charge in [-0.15, -0.1) is 0 Å². The van der Waals surface area contributed by atoms with Crippen LogP contribution >= 0.6 is 0 Å². The van der Waals surface area contributed by atoms with Crippen LogP contribution in [0.2, 0.25) is 0 Å². The summed E-state index contributed by atoms with van der Waals surface area (Å²) in [5.41, 5.74) is 1.60. The number of anilines is 1. The SMILES string of the molecule is C=C(C)CNC(=O)Nc1cnn(CCN2CCOCC2)c1. The maximum atomic E-state index is 11.6. The Kier molecular flexibility index (Phi) is 5.77. The van der Waals surface area contributed by atoms with Gasteiger partial charge >= 0.3 is 6.03 Å². The molecule has 2 amide bonds. The molecular weight excluding hydrogens is 270 g/mol. The molecule has 1 saturated heterocycles. The summed E-state index contributed by atoms with van der Waals surface area (Å²) < 4.78 is 7.15. The number of carbonyl (C=O) groups excluding carboxylic acids is 1. The second-order valence-corrected chi connectivity index (χ2v) is 5.21. The van der Waals surface area contributed by atoms with Crippen molar-refractivity contribution in [1.29, 1.82) is 0 Å². The normalized spacial score (nSPS) is 15.7. The van der Waals surface area contributed by atoms with E-state index in [0.717, 1.165) is 45.0 Å². The predicted octanol–water partition coefficient (Wildman–Crippen LogP) is 0.913. The van der Waals surface area contributed by atoms with Gasteiger partial charge in [0.2, 0.25) is 0 Å². The third kappa shape index (κ3) is 5.57. The van der Waals surface area contributed by atoms with Crippen LogP contribution in [0.3, 0.4) is 0 Å². The number of urea groups is 1. The van der Waals surface area contributed by atoms with Gasteiger partial charge in [-0.2, -0.15) is 5.10 Å². The van der Waals surface area contributed by atoms with Gasteiger partial charge in [0.05, 0.1) is 31.6 Å². The molecule has 2 heterocycles. The first-order valence-electron chi connectivity index (χ1n) is 7.15. The first-order chi connectivity index (χ1) is 10.1. The van der Waals surface area contributed by atoms with Crippen molar-refractivity contribution in [1.82, 2.24) is 20.0 Å². The summed E-state index contributed by atoms with van der Waals surface area (Å²) in [4.78, 5) is 14.0. The van der Waals surface area contributed by atoms with E-state index in [1.807, 2.05) is 17.8 Å². The van der Waals surface area contributed by atoms with Gasteiger partial charge in [0.25, 0.3) is 0 Å². The van der Waals surface area contributed by atoms with Crippen LogP contribution in [0.15, 0.2) is 24.5 Å². The average Bonchev–Trinajstić information content (AvgIpc) is 2.91. The number of rotatable bonds is 6. The van der Waals surface area contributed by atoms with Gasteiger partial charge < -0.3 is 15.4 Å². The van der Waals surface area contributed by atoms with E-state index in [1.165, 1.54) is 0 Å².